The van der Waals surface area contributed by atoms with Crippen molar-refractivity contribution < 1.29 is 17.9 Å². The Morgan fingerprint density at radius 1 is 1.43 bits per heavy atom. The lowest BCUT2D eigenvalue weighted by Crippen LogP contribution is -2.46. The maximum Gasteiger partial charge on any atom is 0.250 e. The van der Waals surface area contributed by atoms with Crippen molar-refractivity contribution in [3.63, 3.8) is 0 Å². The third-order valence-electron chi connectivity index (χ3n) is 3.67. The van der Waals surface area contributed by atoms with Crippen molar-refractivity contribution in [2.24, 2.45) is 0 Å². The lowest BCUT2D eigenvalue weighted by Gasteiger charge is -2.26. The fourth-order valence-corrected chi connectivity index (χ4v) is 2.88. The fraction of sp³-hybridized carbons (Fsp3) is 0.571. The summed E-state index contributed by atoms with van der Waals surface area (Å²) < 4.78 is 28.5. The van der Waals surface area contributed by atoms with Gasteiger partial charge in [0, 0.05) is 32.2 Å². The molecule has 0 bridgehead atoms. The highest BCUT2D eigenvalue weighted by atomic mass is 32.2. The van der Waals surface area contributed by atoms with Crippen LogP contribution >= 0.6 is 0 Å². The number of carbonyl (C=O) groups excluding carboxylic acids is 1. The van der Waals surface area contributed by atoms with Crippen LogP contribution in [-0.4, -0.2) is 43.5 Å². The number of ketones is 1. The number of nitrogens with zero attached hydrogens (tertiary/aromatic N) is 1. The zero-order valence-electron chi connectivity index (χ0n) is 12.8. The van der Waals surface area contributed by atoms with E-state index in [1.165, 1.54) is 24.7 Å². The van der Waals surface area contributed by atoms with Gasteiger partial charge >= 0.3 is 0 Å². The summed E-state index contributed by atoms with van der Waals surface area (Å²) in [7, 11) is -2.28. The minimum Gasteiger partial charge on any atom is -0.377 e. The zero-order valence-corrected chi connectivity index (χ0v) is 13.6. The topological polar surface area (TPSA) is 82.4 Å². The molecule has 1 aromatic heterocycles. The van der Waals surface area contributed by atoms with E-state index in [1.807, 2.05) is 0 Å². The van der Waals surface area contributed by atoms with Gasteiger partial charge in [0.1, 0.15) is 11.4 Å². The highest BCUT2D eigenvalue weighted by molar-refractivity contribution is 7.92. The molecular formula is C14H21NO5S. The number of aromatic nitrogens is 1. The summed E-state index contributed by atoms with van der Waals surface area (Å²) in [6, 6.07) is 3.23. The van der Waals surface area contributed by atoms with E-state index in [0.29, 0.717) is 0 Å². The number of aryl methyl sites for hydroxylation is 2. The fourth-order valence-electron chi connectivity index (χ4n) is 1.94. The Labute approximate surface area is 124 Å². The van der Waals surface area contributed by atoms with Crippen LogP contribution in [-0.2, 0) is 25.9 Å². The summed E-state index contributed by atoms with van der Waals surface area (Å²) >= 11 is 0. The minimum absolute atomic E-state index is 0.0248. The van der Waals surface area contributed by atoms with E-state index in [9.17, 15) is 18.0 Å². The SMILES string of the molecule is COCC(=O)[C@@](C)(CCn1ccc(C)cc1=O)S(C)(=O)=O. The van der Waals surface area contributed by atoms with Crippen LogP contribution in [0.3, 0.4) is 0 Å². The number of ether oxygens (including phenoxy) is 1. The molecule has 21 heavy (non-hydrogen) atoms. The van der Waals surface area contributed by atoms with Crippen LogP contribution in [0.5, 0.6) is 0 Å². The maximum atomic E-state index is 12.1. The van der Waals surface area contributed by atoms with Crippen LogP contribution in [0.2, 0.25) is 0 Å². The average molecular weight is 315 g/mol. The van der Waals surface area contributed by atoms with Crippen LogP contribution in [0.4, 0.5) is 0 Å². The number of sulfone groups is 1. The largest absolute Gasteiger partial charge is 0.377 e. The molecule has 0 amide bonds. The number of pyridine rings is 1. The summed E-state index contributed by atoms with van der Waals surface area (Å²) in [4.78, 5) is 23.9. The first-order valence-electron chi connectivity index (χ1n) is 6.51. The first kappa shape index (κ1) is 17.6. The van der Waals surface area contributed by atoms with Gasteiger partial charge in [-0.15, -0.1) is 0 Å². The lowest BCUT2D eigenvalue weighted by atomic mass is 10.0. The number of hydrogen-bond acceptors (Lipinski definition) is 5. The van der Waals surface area contributed by atoms with Crippen molar-refractivity contribution in [3.8, 4) is 0 Å². The molecule has 6 nitrogen and oxygen atoms in total. The molecule has 0 unspecified atom stereocenters. The first-order valence-corrected chi connectivity index (χ1v) is 8.40. The smallest absolute Gasteiger partial charge is 0.250 e. The minimum atomic E-state index is -3.62. The summed E-state index contributed by atoms with van der Waals surface area (Å²) in [6.07, 6.45) is 2.65. The van der Waals surface area contributed by atoms with E-state index < -0.39 is 20.4 Å². The quantitative estimate of drug-likeness (QED) is 0.734. The van der Waals surface area contributed by atoms with Gasteiger partial charge in [0.25, 0.3) is 5.56 Å². The van der Waals surface area contributed by atoms with Gasteiger partial charge in [-0.25, -0.2) is 8.42 Å². The van der Waals surface area contributed by atoms with E-state index in [1.54, 1.807) is 19.2 Å². The molecule has 0 fully saturated rings. The van der Waals surface area contributed by atoms with Crippen LogP contribution < -0.4 is 5.56 Å². The number of rotatable bonds is 7. The second-order valence-electron chi connectivity index (χ2n) is 5.34. The average Bonchev–Trinajstić information content (AvgIpc) is 2.36. The lowest BCUT2D eigenvalue weighted by molar-refractivity contribution is -0.125. The Morgan fingerprint density at radius 2 is 2.05 bits per heavy atom. The van der Waals surface area contributed by atoms with Gasteiger partial charge in [-0.2, -0.15) is 0 Å². The van der Waals surface area contributed by atoms with E-state index >= 15 is 0 Å². The number of methoxy groups -OCH3 is 1. The van der Waals surface area contributed by atoms with Crippen molar-refractivity contribution in [1.29, 1.82) is 0 Å². The molecule has 0 radical (unpaired) electrons. The molecule has 0 aliphatic heterocycles. The summed E-state index contributed by atoms with van der Waals surface area (Å²) in [5, 5.41) is 0. The Kier molecular flexibility index (Phi) is 5.47. The van der Waals surface area contributed by atoms with Crippen molar-refractivity contribution in [3.05, 3.63) is 34.2 Å². The molecule has 1 aromatic rings. The van der Waals surface area contributed by atoms with Gasteiger partial charge in [-0.3, -0.25) is 9.59 Å². The summed E-state index contributed by atoms with van der Waals surface area (Å²) in [6.45, 7) is 3.06. The zero-order chi connectivity index (χ0) is 16.3. The van der Waals surface area contributed by atoms with Crippen molar-refractivity contribution in [2.45, 2.75) is 31.6 Å². The Balaban J connectivity index is 3.04. The molecule has 1 heterocycles. The number of hydrogen-bond donors (Lipinski definition) is 0. The third-order valence-corrected chi connectivity index (χ3v) is 5.73. The molecule has 0 aliphatic carbocycles. The molecular weight excluding hydrogens is 294 g/mol. The Hall–Kier alpha value is -1.47. The predicted octanol–water partition coefficient (Wildman–Crippen LogP) is 0.566. The molecule has 118 valence electrons. The molecule has 1 rings (SSSR count). The number of Topliss-reactive ketones (excluding diaryl/α,β-unsaturated/α-hetero) is 1. The Morgan fingerprint density at radius 3 is 2.52 bits per heavy atom. The van der Waals surface area contributed by atoms with Crippen LogP contribution in [0.15, 0.2) is 23.1 Å². The molecule has 0 spiro atoms. The number of carbonyl (C=O) groups is 1. The standard InChI is InChI=1S/C14H21NO5S/c1-11-5-7-15(13(17)9-11)8-6-14(2,21(4,18)19)12(16)10-20-3/h5,7,9H,6,8,10H2,1-4H3/t14-/m1/s1. The van der Waals surface area contributed by atoms with Crippen LogP contribution in [0, 0.1) is 6.92 Å². The summed E-state index contributed by atoms with van der Waals surface area (Å²) in [5.41, 5.74) is 0.614. The van der Waals surface area contributed by atoms with Gasteiger partial charge < -0.3 is 9.30 Å². The van der Waals surface area contributed by atoms with E-state index in [0.717, 1.165) is 11.8 Å². The van der Waals surface area contributed by atoms with Crippen molar-refractivity contribution in [2.75, 3.05) is 20.0 Å². The second-order valence-corrected chi connectivity index (χ2v) is 7.79. The molecule has 0 saturated heterocycles. The van der Waals surface area contributed by atoms with Gasteiger partial charge in [0.05, 0.1) is 0 Å². The molecule has 0 aromatic carbocycles. The van der Waals surface area contributed by atoms with Gasteiger partial charge in [-0.05, 0) is 31.9 Å². The molecule has 0 N–H and O–H groups in total. The van der Waals surface area contributed by atoms with Gasteiger partial charge in [0.2, 0.25) is 0 Å². The molecule has 0 saturated carbocycles. The molecule has 0 aliphatic rings. The van der Waals surface area contributed by atoms with Crippen molar-refractivity contribution in [1.82, 2.24) is 4.57 Å². The normalized spacial score (nSPS) is 14.7. The van der Waals surface area contributed by atoms with Gasteiger partial charge in [-0.1, -0.05) is 0 Å². The third kappa shape index (κ3) is 4.01. The molecule has 7 heteroatoms. The maximum absolute atomic E-state index is 12.1. The van der Waals surface area contributed by atoms with E-state index in [2.05, 4.69) is 0 Å². The Bertz CT molecular complexity index is 677. The van der Waals surface area contributed by atoms with Crippen LogP contribution in [0.1, 0.15) is 18.9 Å². The highest BCUT2D eigenvalue weighted by Crippen LogP contribution is 2.23. The van der Waals surface area contributed by atoms with Gasteiger partial charge in [0.15, 0.2) is 15.6 Å². The first-order chi connectivity index (χ1) is 9.61. The molecule has 1 atom stereocenters. The van der Waals surface area contributed by atoms with Crippen LogP contribution in [0.25, 0.3) is 0 Å². The summed E-state index contributed by atoms with van der Waals surface area (Å²) in [5.74, 6) is -0.507. The predicted molar refractivity (Wildman–Crippen MR) is 80.2 cm³/mol. The monoisotopic (exact) mass is 315 g/mol. The van der Waals surface area contributed by atoms with Crippen molar-refractivity contribution >= 4 is 15.6 Å². The van der Waals surface area contributed by atoms with E-state index in [-0.39, 0.29) is 25.1 Å². The second kappa shape index (κ2) is 6.53. The highest BCUT2D eigenvalue weighted by Gasteiger charge is 2.42. The van der Waals surface area contributed by atoms with E-state index in [4.69, 9.17) is 4.74 Å².